The van der Waals surface area contributed by atoms with Gasteiger partial charge in [-0.25, -0.2) is 9.97 Å². The maximum absolute atomic E-state index is 11.6. The van der Waals surface area contributed by atoms with Gasteiger partial charge in [-0.1, -0.05) is 37.3 Å². The molecule has 0 saturated heterocycles. The van der Waals surface area contributed by atoms with E-state index >= 15 is 0 Å². The van der Waals surface area contributed by atoms with Gasteiger partial charge in [0, 0.05) is 19.0 Å². The highest BCUT2D eigenvalue weighted by Gasteiger charge is 2.38. The van der Waals surface area contributed by atoms with E-state index in [0.29, 0.717) is 24.6 Å². The van der Waals surface area contributed by atoms with E-state index < -0.39 is 10.6 Å². The highest BCUT2D eigenvalue weighted by atomic mass is 16.6. The Labute approximate surface area is 151 Å². The van der Waals surface area contributed by atoms with E-state index in [9.17, 15) is 10.1 Å². The molecular formula is C18H20N6O2. The second-order valence-corrected chi connectivity index (χ2v) is 6.04. The number of nitrogens with one attached hydrogen (secondary N) is 1. The van der Waals surface area contributed by atoms with Crippen LogP contribution in [-0.4, -0.2) is 33.9 Å². The second-order valence-electron chi connectivity index (χ2n) is 6.04. The van der Waals surface area contributed by atoms with Crippen LogP contribution in [0.25, 0.3) is 0 Å². The van der Waals surface area contributed by atoms with Crippen LogP contribution < -0.4 is 5.32 Å². The molecule has 0 spiro atoms. The maximum atomic E-state index is 11.6. The number of hydrogen-bond donors (Lipinski definition) is 1. The lowest BCUT2D eigenvalue weighted by Gasteiger charge is -2.19. The van der Waals surface area contributed by atoms with Crippen LogP contribution in [0.4, 0.5) is 11.6 Å². The van der Waals surface area contributed by atoms with E-state index in [1.165, 1.54) is 18.0 Å². The van der Waals surface area contributed by atoms with Crippen molar-refractivity contribution in [2.24, 2.45) is 9.98 Å². The lowest BCUT2D eigenvalue weighted by atomic mass is 10.1. The van der Waals surface area contributed by atoms with Crippen molar-refractivity contribution < 1.29 is 4.92 Å². The lowest BCUT2D eigenvalue weighted by Crippen LogP contribution is -2.22. The van der Waals surface area contributed by atoms with Crippen LogP contribution in [0.3, 0.4) is 0 Å². The number of rotatable bonds is 7. The van der Waals surface area contributed by atoms with Crippen molar-refractivity contribution in [3.8, 4) is 0 Å². The summed E-state index contributed by atoms with van der Waals surface area (Å²) < 4.78 is 0. The molecule has 0 atom stereocenters. The minimum absolute atomic E-state index is 0.111. The normalized spacial score (nSPS) is 14.5. The standard InChI is InChI=1S/C18H20N6O2/c1-3-14-15(24(25)26)16(18(2)20-11-12-21-18)23-17(22-14)19-10-9-13-7-5-4-6-8-13/h4-8,11-12H,3,9-10H2,1-2H3,(H,19,22,23). The summed E-state index contributed by atoms with van der Waals surface area (Å²) in [6.07, 6.45) is 4.27. The number of nitrogens with zero attached hydrogens (tertiary/aromatic N) is 5. The maximum Gasteiger partial charge on any atom is 0.316 e. The number of hydrogen-bond acceptors (Lipinski definition) is 7. The third-order valence-corrected chi connectivity index (χ3v) is 4.18. The summed E-state index contributed by atoms with van der Waals surface area (Å²) in [6.45, 7) is 4.15. The van der Waals surface area contributed by atoms with Gasteiger partial charge < -0.3 is 5.32 Å². The van der Waals surface area contributed by atoms with Gasteiger partial charge in [0.05, 0.1) is 4.92 Å². The molecule has 134 valence electrons. The number of aromatic nitrogens is 2. The van der Waals surface area contributed by atoms with E-state index in [2.05, 4.69) is 25.3 Å². The molecule has 0 saturated carbocycles. The van der Waals surface area contributed by atoms with Crippen molar-refractivity contribution in [1.82, 2.24) is 9.97 Å². The van der Waals surface area contributed by atoms with Crippen molar-refractivity contribution in [1.29, 1.82) is 0 Å². The highest BCUT2D eigenvalue weighted by Crippen LogP contribution is 2.36. The topological polar surface area (TPSA) is 106 Å². The van der Waals surface area contributed by atoms with Gasteiger partial charge in [-0.15, -0.1) is 0 Å². The van der Waals surface area contributed by atoms with Crippen LogP contribution in [0.2, 0.25) is 0 Å². The average Bonchev–Trinajstić information content (AvgIpc) is 3.09. The van der Waals surface area contributed by atoms with Gasteiger partial charge in [0.25, 0.3) is 0 Å². The molecule has 2 heterocycles. The van der Waals surface area contributed by atoms with Crippen LogP contribution >= 0.6 is 0 Å². The van der Waals surface area contributed by atoms with E-state index in [1.807, 2.05) is 37.3 Å². The summed E-state index contributed by atoms with van der Waals surface area (Å²) in [4.78, 5) is 28.4. The van der Waals surface area contributed by atoms with Crippen LogP contribution in [-0.2, 0) is 18.5 Å². The highest BCUT2D eigenvalue weighted by molar-refractivity contribution is 6.17. The first-order valence-electron chi connectivity index (χ1n) is 8.46. The van der Waals surface area contributed by atoms with Crippen molar-refractivity contribution in [3.05, 3.63) is 57.4 Å². The van der Waals surface area contributed by atoms with Gasteiger partial charge in [-0.3, -0.25) is 20.1 Å². The number of anilines is 1. The number of benzene rings is 1. The van der Waals surface area contributed by atoms with E-state index in [0.717, 1.165) is 6.42 Å². The lowest BCUT2D eigenvalue weighted by molar-refractivity contribution is -0.387. The number of aryl methyl sites for hydroxylation is 1. The molecule has 3 rings (SSSR count). The second kappa shape index (κ2) is 7.38. The third kappa shape index (κ3) is 3.58. The minimum Gasteiger partial charge on any atom is -0.354 e. The first-order valence-corrected chi connectivity index (χ1v) is 8.46. The van der Waals surface area contributed by atoms with Gasteiger partial charge in [-0.2, -0.15) is 0 Å². The summed E-state index contributed by atoms with van der Waals surface area (Å²) in [5.41, 5.74) is 0.572. The fraction of sp³-hybridized carbons (Fsp3) is 0.333. The zero-order chi connectivity index (χ0) is 18.6. The van der Waals surface area contributed by atoms with Crippen LogP contribution in [0.5, 0.6) is 0 Å². The summed E-state index contributed by atoms with van der Waals surface area (Å²) >= 11 is 0. The van der Waals surface area contributed by atoms with Crippen LogP contribution in [0, 0.1) is 10.1 Å². The molecule has 1 aliphatic heterocycles. The largest absolute Gasteiger partial charge is 0.354 e. The summed E-state index contributed by atoms with van der Waals surface area (Å²) in [5.74, 6) is 0.358. The Bertz CT molecular complexity index is 851. The van der Waals surface area contributed by atoms with Gasteiger partial charge in [0.15, 0.2) is 11.4 Å². The minimum atomic E-state index is -1.09. The average molecular weight is 352 g/mol. The Morgan fingerprint density at radius 2 is 1.85 bits per heavy atom. The molecule has 0 bridgehead atoms. The molecule has 1 aromatic carbocycles. The number of aliphatic imine (C=N–C) groups is 2. The molecule has 0 radical (unpaired) electrons. The Morgan fingerprint density at radius 1 is 1.15 bits per heavy atom. The summed E-state index contributed by atoms with van der Waals surface area (Å²) in [7, 11) is 0. The van der Waals surface area contributed by atoms with Crippen molar-refractivity contribution in [2.75, 3.05) is 11.9 Å². The quantitative estimate of drug-likeness (QED) is 0.609. The molecule has 2 aromatic rings. The molecule has 1 aromatic heterocycles. The number of nitro groups is 1. The molecule has 8 heteroatoms. The Kier molecular flexibility index (Phi) is 5.01. The van der Waals surface area contributed by atoms with Crippen molar-refractivity contribution >= 4 is 24.1 Å². The van der Waals surface area contributed by atoms with Gasteiger partial charge in [0.2, 0.25) is 5.95 Å². The van der Waals surface area contributed by atoms with Crippen molar-refractivity contribution in [3.63, 3.8) is 0 Å². The van der Waals surface area contributed by atoms with Gasteiger partial charge in [-0.05, 0) is 25.3 Å². The van der Waals surface area contributed by atoms with Crippen molar-refractivity contribution in [2.45, 2.75) is 32.4 Å². The zero-order valence-electron chi connectivity index (χ0n) is 14.7. The fourth-order valence-electron chi connectivity index (χ4n) is 2.82. The van der Waals surface area contributed by atoms with E-state index in [4.69, 9.17) is 0 Å². The van der Waals surface area contributed by atoms with Gasteiger partial charge >= 0.3 is 5.69 Å². The molecule has 1 N–H and O–H groups in total. The van der Waals surface area contributed by atoms with Gasteiger partial charge in [0.1, 0.15) is 5.69 Å². The molecule has 0 amide bonds. The predicted octanol–water partition coefficient (Wildman–Crippen LogP) is 2.93. The Balaban J connectivity index is 1.90. The summed E-state index contributed by atoms with van der Waals surface area (Å²) in [6, 6.07) is 10.0. The monoisotopic (exact) mass is 352 g/mol. The Hall–Kier alpha value is -3.16. The fourth-order valence-corrected chi connectivity index (χ4v) is 2.82. The molecule has 26 heavy (non-hydrogen) atoms. The molecule has 0 fully saturated rings. The smallest absolute Gasteiger partial charge is 0.316 e. The first kappa shape index (κ1) is 17.7. The van der Waals surface area contributed by atoms with E-state index in [-0.39, 0.29) is 11.4 Å². The van der Waals surface area contributed by atoms with Crippen LogP contribution in [0.1, 0.15) is 30.8 Å². The summed E-state index contributed by atoms with van der Waals surface area (Å²) in [5, 5.41) is 14.8. The molecule has 0 aliphatic carbocycles. The first-order chi connectivity index (χ1) is 12.5. The third-order valence-electron chi connectivity index (χ3n) is 4.18. The Morgan fingerprint density at radius 3 is 2.46 bits per heavy atom. The SMILES string of the molecule is CCc1nc(NCCc2ccccc2)nc(C2(C)N=CC=N2)c1[N+](=O)[O-]. The molecular weight excluding hydrogens is 332 g/mol. The molecule has 1 aliphatic rings. The zero-order valence-corrected chi connectivity index (χ0v) is 14.7. The molecule has 0 unspecified atom stereocenters. The van der Waals surface area contributed by atoms with Crippen LogP contribution in [0.15, 0.2) is 40.3 Å². The van der Waals surface area contributed by atoms with E-state index in [1.54, 1.807) is 6.92 Å². The molecule has 8 nitrogen and oxygen atoms in total. The predicted molar refractivity (Wildman–Crippen MR) is 101 cm³/mol.